The van der Waals surface area contributed by atoms with E-state index in [1.165, 1.54) is 55.7 Å². The molecule has 0 unspecified atom stereocenters. The van der Waals surface area contributed by atoms with E-state index in [4.69, 9.17) is 5.21 Å². The third-order valence-electron chi connectivity index (χ3n) is 7.29. The first-order valence-corrected chi connectivity index (χ1v) is 10.5. The number of hydrogen-bond donors (Lipinski definition) is 2. The van der Waals surface area contributed by atoms with Gasteiger partial charge in [-0.2, -0.15) is 0 Å². The molecule has 0 aromatic heterocycles. The smallest absolute Gasteiger partial charge is 0.267 e. The van der Waals surface area contributed by atoms with Crippen molar-refractivity contribution in [3.05, 3.63) is 65.7 Å². The van der Waals surface area contributed by atoms with E-state index in [1.54, 1.807) is 17.1 Å². The SMILES string of the molecule is O=C(/C=C/c1ccc(-c2cccc(C34CC5CC(CC(C5)C3)C4)c2)cc1)NO. The second kappa shape index (κ2) is 6.89. The molecule has 6 rings (SSSR count). The van der Waals surface area contributed by atoms with Crippen molar-refractivity contribution < 1.29 is 10.0 Å². The van der Waals surface area contributed by atoms with E-state index in [-0.39, 0.29) is 0 Å². The number of carbonyl (C=O) groups excluding carboxylic acids is 1. The second-order valence-corrected chi connectivity index (χ2v) is 9.21. The molecule has 0 aliphatic heterocycles. The summed E-state index contributed by atoms with van der Waals surface area (Å²) in [6.07, 6.45) is 11.6. The zero-order valence-corrected chi connectivity index (χ0v) is 16.1. The van der Waals surface area contributed by atoms with Gasteiger partial charge in [-0.25, -0.2) is 5.48 Å². The maximum absolute atomic E-state index is 11.1. The Balaban J connectivity index is 1.41. The average molecular weight is 373 g/mol. The molecule has 2 N–H and O–H groups in total. The first-order valence-electron chi connectivity index (χ1n) is 10.5. The molecule has 144 valence electrons. The van der Waals surface area contributed by atoms with E-state index in [9.17, 15) is 4.79 Å². The minimum absolute atomic E-state index is 0.422. The van der Waals surface area contributed by atoms with Crippen molar-refractivity contribution in [2.24, 2.45) is 17.8 Å². The van der Waals surface area contributed by atoms with Crippen LogP contribution < -0.4 is 5.48 Å². The van der Waals surface area contributed by atoms with Crippen molar-refractivity contribution in [2.45, 2.75) is 43.9 Å². The van der Waals surface area contributed by atoms with Crippen molar-refractivity contribution in [2.75, 3.05) is 0 Å². The van der Waals surface area contributed by atoms with Gasteiger partial charge in [-0.1, -0.05) is 48.5 Å². The van der Waals surface area contributed by atoms with Gasteiger partial charge in [0.15, 0.2) is 0 Å². The largest absolute Gasteiger partial charge is 0.288 e. The fourth-order valence-corrected chi connectivity index (χ4v) is 6.49. The van der Waals surface area contributed by atoms with E-state index < -0.39 is 5.91 Å². The first kappa shape index (κ1) is 17.7. The summed E-state index contributed by atoms with van der Waals surface area (Å²) in [6, 6.07) is 17.4. The molecule has 4 fully saturated rings. The van der Waals surface area contributed by atoms with Crippen LogP contribution in [0, 0.1) is 17.8 Å². The number of hydrogen-bond acceptors (Lipinski definition) is 2. The van der Waals surface area contributed by atoms with Gasteiger partial charge in [0.25, 0.3) is 5.91 Å². The monoisotopic (exact) mass is 373 g/mol. The first-order chi connectivity index (χ1) is 13.6. The molecule has 4 aliphatic rings. The highest BCUT2D eigenvalue weighted by Crippen LogP contribution is 2.60. The van der Waals surface area contributed by atoms with Crippen LogP contribution in [-0.4, -0.2) is 11.1 Å². The van der Waals surface area contributed by atoms with Gasteiger partial charge in [0.1, 0.15) is 0 Å². The Bertz CT molecular complexity index is 877. The van der Waals surface area contributed by atoms with Gasteiger partial charge in [-0.3, -0.25) is 10.0 Å². The summed E-state index contributed by atoms with van der Waals surface area (Å²) >= 11 is 0. The molecule has 4 bridgehead atoms. The topological polar surface area (TPSA) is 49.3 Å². The van der Waals surface area contributed by atoms with Crippen LogP contribution in [0.15, 0.2) is 54.6 Å². The minimum Gasteiger partial charge on any atom is -0.288 e. The lowest BCUT2D eigenvalue weighted by Crippen LogP contribution is -2.48. The molecule has 0 heterocycles. The molecular weight excluding hydrogens is 346 g/mol. The van der Waals surface area contributed by atoms with Gasteiger partial charge < -0.3 is 0 Å². The Kier molecular flexibility index (Phi) is 4.36. The van der Waals surface area contributed by atoms with Crippen molar-refractivity contribution in [1.82, 2.24) is 5.48 Å². The number of benzene rings is 2. The number of carbonyl (C=O) groups is 1. The van der Waals surface area contributed by atoms with Crippen molar-refractivity contribution in [1.29, 1.82) is 0 Å². The molecule has 4 saturated carbocycles. The molecule has 0 spiro atoms. The Morgan fingerprint density at radius 3 is 2.18 bits per heavy atom. The Hall–Kier alpha value is -2.39. The predicted molar refractivity (Wildman–Crippen MR) is 111 cm³/mol. The van der Waals surface area contributed by atoms with Gasteiger partial charge >= 0.3 is 0 Å². The molecule has 3 heteroatoms. The summed E-state index contributed by atoms with van der Waals surface area (Å²) < 4.78 is 0. The Morgan fingerprint density at radius 2 is 1.57 bits per heavy atom. The van der Waals surface area contributed by atoms with Crippen LogP contribution in [-0.2, 0) is 10.2 Å². The fourth-order valence-electron chi connectivity index (χ4n) is 6.49. The maximum atomic E-state index is 11.1. The van der Waals surface area contributed by atoms with Gasteiger partial charge in [-0.05, 0) is 90.0 Å². The van der Waals surface area contributed by atoms with Gasteiger partial charge in [0.2, 0.25) is 0 Å². The lowest BCUT2D eigenvalue weighted by Gasteiger charge is -2.57. The summed E-state index contributed by atoms with van der Waals surface area (Å²) in [4.78, 5) is 11.1. The Morgan fingerprint density at radius 1 is 0.929 bits per heavy atom. The second-order valence-electron chi connectivity index (χ2n) is 9.21. The quantitative estimate of drug-likeness (QED) is 0.432. The van der Waals surface area contributed by atoms with Gasteiger partial charge in [0, 0.05) is 6.08 Å². The molecular formula is C25H27NO2. The molecule has 3 nitrogen and oxygen atoms in total. The molecule has 2 aromatic carbocycles. The average Bonchev–Trinajstić information content (AvgIpc) is 2.71. The van der Waals surface area contributed by atoms with Crippen LogP contribution in [0.2, 0.25) is 0 Å². The molecule has 28 heavy (non-hydrogen) atoms. The Labute approximate surface area is 166 Å². The highest BCUT2D eigenvalue weighted by molar-refractivity contribution is 5.90. The molecule has 2 aromatic rings. The highest BCUT2D eigenvalue weighted by Gasteiger charge is 2.51. The van der Waals surface area contributed by atoms with Crippen LogP contribution >= 0.6 is 0 Å². The maximum Gasteiger partial charge on any atom is 0.267 e. The van der Waals surface area contributed by atoms with Gasteiger partial charge in [0.05, 0.1) is 0 Å². The third-order valence-corrected chi connectivity index (χ3v) is 7.29. The van der Waals surface area contributed by atoms with Crippen LogP contribution in [0.25, 0.3) is 17.2 Å². The summed E-state index contributed by atoms with van der Waals surface area (Å²) in [5.74, 6) is 2.35. The van der Waals surface area contributed by atoms with Crippen molar-refractivity contribution in [3.63, 3.8) is 0 Å². The van der Waals surface area contributed by atoms with E-state index in [2.05, 4.69) is 36.4 Å². The van der Waals surface area contributed by atoms with Crippen molar-refractivity contribution >= 4 is 12.0 Å². The normalized spacial score (nSPS) is 30.7. The number of amides is 1. The van der Waals surface area contributed by atoms with E-state index in [0.717, 1.165) is 23.3 Å². The van der Waals surface area contributed by atoms with E-state index >= 15 is 0 Å². The molecule has 4 aliphatic carbocycles. The summed E-state index contributed by atoms with van der Waals surface area (Å²) in [7, 11) is 0. The van der Waals surface area contributed by atoms with Crippen LogP contribution in [0.5, 0.6) is 0 Å². The minimum atomic E-state index is -0.521. The molecule has 0 atom stereocenters. The summed E-state index contributed by atoms with van der Waals surface area (Å²) in [5, 5.41) is 8.57. The van der Waals surface area contributed by atoms with E-state index in [1.807, 2.05) is 12.1 Å². The van der Waals surface area contributed by atoms with Gasteiger partial charge in [-0.15, -0.1) is 0 Å². The number of rotatable bonds is 4. The molecule has 1 amide bonds. The zero-order chi connectivity index (χ0) is 19.1. The highest BCUT2D eigenvalue weighted by atomic mass is 16.5. The van der Waals surface area contributed by atoms with Crippen LogP contribution in [0.3, 0.4) is 0 Å². The predicted octanol–water partition coefficient (Wildman–Crippen LogP) is 5.34. The van der Waals surface area contributed by atoms with Crippen LogP contribution in [0.1, 0.15) is 49.7 Å². The summed E-state index contributed by atoms with van der Waals surface area (Å²) in [6.45, 7) is 0. The summed E-state index contributed by atoms with van der Waals surface area (Å²) in [5.41, 5.74) is 6.99. The third kappa shape index (κ3) is 3.18. The van der Waals surface area contributed by atoms with Crippen LogP contribution in [0.4, 0.5) is 0 Å². The fraction of sp³-hybridized carbons (Fsp3) is 0.400. The lowest BCUT2D eigenvalue weighted by molar-refractivity contribution is -0.124. The van der Waals surface area contributed by atoms with Crippen molar-refractivity contribution in [3.8, 4) is 11.1 Å². The number of hydroxylamine groups is 1. The molecule has 0 radical (unpaired) electrons. The standard InChI is InChI=1S/C25H27NO2/c27-24(26-28)9-6-17-4-7-21(8-5-17)22-2-1-3-23(13-22)25-14-18-10-19(15-25)12-20(11-18)16-25/h1-9,13,18-20,28H,10-12,14-16H2,(H,26,27)/b9-6+. The zero-order valence-electron chi connectivity index (χ0n) is 16.1. The van der Waals surface area contributed by atoms with E-state index in [0.29, 0.717) is 5.41 Å². The number of nitrogens with one attached hydrogen (secondary N) is 1. The lowest BCUT2D eigenvalue weighted by atomic mass is 9.48. The molecule has 0 saturated heterocycles.